The molecule has 13 heteroatoms. The van der Waals surface area contributed by atoms with Gasteiger partial charge in [0.15, 0.2) is 12.0 Å². The van der Waals surface area contributed by atoms with Gasteiger partial charge in [0.05, 0.1) is 40.6 Å². The molecule has 0 saturated carbocycles. The predicted molar refractivity (Wildman–Crippen MR) is 187 cm³/mol. The standard InChI is InChI=1S/C36H41ClF2N4O5Si/c1-5-48-33(45)19-23-10-12-25-29(18-23)40-32(44)9-7-6-8-26(36-41-30(25)21-42(36)22-47-16-17-49(2,3)4)31-15-11-24(20-43(31)46)34-28(38)14-13-27(37)35(34)39/h10-15,18,20-21,26H,5-9,16-17,19,22H2,1-4H3,(H,40,44). The highest BCUT2D eigenvalue weighted by Crippen LogP contribution is 2.36. The van der Waals surface area contributed by atoms with E-state index in [4.69, 9.17) is 26.1 Å². The van der Waals surface area contributed by atoms with E-state index in [1.807, 2.05) is 16.8 Å². The van der Waals surface area contributed by atoms with Crippen LogP contribution in [-0.4, -0.2) is 42.7 Å². The van der Waals surface area contributed by atoms with Crippen molar-refractivity contribution in [3.05, 3.63) is 93.8 Å². The lowest BCUT2D eigenvalue weighted by atomic mass is 9.94. The first-order chi connectivity index (χ1) is 23.3. The molecule has 49 heavy (non-hydrogen) atoms. The number of imidazole rings is 1. The summed E-state index contributed by atoms with van der Waals surface area (Å²) in [6.07, 6.45) is 4.88. The molecule has 5 rings (SSSR count). The van der Waals surface area contributed by atoms with Gasteiger partial charge < -0.3 is 24.6 Å². The lowest BCUT2D eigenvalue weighted by Gasteiger charge is -2.20. The van der Waals surface area contributed by atoms with Gasteiger partial charge in [-0.1, -0.05) is 49.8 Å². The molecular formula is C36H41ClF2N4O5Si. The molecule has 4 aromatic rings. The minimum Gasteiger partial charge on any atom is -0.618 e. The molecule has 1 aliphatic heterocycles. The number of ether oxygens (including phenoxy) is 2. The van der Waals surface area contributed by atoms with Crippen LogP contribution in [0.5, 0.6) is 0 Å². The van der Waals surface area contributed by atoms with Crippen LogP contribution in [-0.2, 0) is 32.2 Å². The van der Waals surface area contributed by atoms with Gasteiger partial charge in [-0.2, -0.15) is 4.73 Å². The molecule has 0 spiro atoms. The number of benzene rings is 2. The zero-order valence-corrected chi connectivity index (χ0v) is 29.9. The minimum atomic E-state index is -1.37. The fourth-order valence-corrected chi connectivity index (χ4v) is 6.76. The van der Waals surface area contributed by atoms with Crippen molar-refractivity contribution in [1.29, 1.82) is 0 Å². The van der Waals surface area contributed by atoms with Gasteiger partial charge in [-0.15, -0.1) is 0 Å². The molecule has 2 aromatic carbocycles. The summed E-state index contributed by atoms with van der Waals surface area (Å²) in [4.78, 5) is 30.3. The smallest absolute Gasteiger partial charge is 0.310 e. The summed E-state index contributed by atoms with van der Waals surface area (Å²) in [5, 5.41) is 16.4. The van der Waals surface area contributed by atoms with Gasteiger partial charge in [0.25, 0.3) is 0 Å². The molecule has 1 aliphatic rings. The van der Waals surface area contributed by atoms with Crippen molar-refractivity contribution in [2.24, 2.45) is 0 Å². The third kappa shape index (κ3) is 8.92. The number of rotatable bonds is 10. The first kappa shape index (κ1) is 36.2. The van der Waals surface area contributed by atoms with Crippen molar-refractivity contribution in [3.63, 3.8) is 0 Å². The second-order valence-corrected chi connectivity index (χ2v) is 19.4. The topological polar surface area (TPSA) is 109 Å². The van der Waals surface area contributed by atoms with E-state index in [1.54, 1.807) is 25.1 Å². The SMILES string of the molecule is CCOC(=O)Cc1ccc2c(c1)NC(=O)CCCCC(c1ccc(-c3c(F)ccc(Cl)c3F)c[n+]1[O-])c1nc-2cn1COCC[Si](C)(C)C. The second-order valence-electron chi connectivity index (χ2n) is 13.4. The number of nitrogens with zero attached hydrogens (tertiary/aromatic N) is 3. The molecule has 1 atom stereocenters. The number of amides is 1. The van der Waals surface area contributed by atoms with E-state index in [0.29, 0.717) is 64.6 Å². The van der Waals surface area contributed by atoms with Crippen LogP contribution in [0, 0.1) is 16.8 Å². The number of carbonyl (C=O) groups is 2. The van der Waals surface area contributed by atoms with Gasteiger partial charge in [0.2, 0.25) is 11.6 Å². The largest absolute Gasteiger partial charge is 0.618 e. The summed E-state index contributed by atoms with van der Waals surface area (Å²) in [7, 11) is -1.37. The fraction of sp³-hybridized carbons (Fsp3) is 0.389. The van der Waals surface area contributed by atoms with E-state index in [1.165, 1.54) is 6.07 Å². The molecule has 1 amide bonds. The van der Waals surface area contributed by atoms with Gasteiger partial charge in [-0.05, 0) is 55.6 Å². The Kier molecular flexibility index (Phi) is 11.5. The zero-order valence-electron chi connectivity index (χ0n) is 28.2. The number of nitrogens with one attached hydrogen (secondary N) is 1. The number of fused-ring (bicyclic) bond motifs is 4. The Labute approximate surface area is 290 Å². The number of hydrogen-bond acceptors (Lipinski definition) is 6. The molecule has 0 fully saturated rings. The molecule has 9 nitrogen and oxygen atoms in total. The summed E-state index contributed by atoms with van der Waals surface area (Å²) in [6, 6.07) is 11.6. The summed E-state index contributed by atoms with van der Waals surface area (Å²) < 4.78 is 43.4. The highest BCUT2D eigenvalue weighted by atomic mass is 35.5. The van der Waals surface area contributed by atoms with Crippen LogP contribution in [0.2, 0.25) is 30.7 Å². The van der Waals surface area contributed by atoms with Crippen LogP contribution in [0.3, 0.4) is 0 Å². The average molecular weight is 711 g/mol. The Morgan fingerprint density at radius 2 is 1.96 bits per heavy atom. The number of carbonyl (C=O) groups excluding carboxylic acids is 2. The molecule has 3 heterocycles. The molecule has 260 valence electrons. The normalized spacial score (nSPS) is 15.2. The highest BCUT2D eigenvalue weighted by molar-refractivity contribution is 6.76. The molecule has 0 aliphatic carbocycles. The number of anilines is 1. The maximum atomic E-state index is 14.9. The number of hydrogen-bond donors (Lipinski definition) is 1. The van der Waals surface area contributed by atoms with E-state index in [0.717, 1.165) is 24.4 Å². The Bertz CT molecular complexity index is 1840. The number of pyridine rings is 1. The van der Waals surface area contributed by atoms with Gasteiger partial charge in [0.1, 0.15) is 24.3 Å². The quantitative estimate of drug-likeness (QED) is 0.0449. The minimum absolute atomic E-state index is 0.0478. The van der Waals surface area contributed by atoms with E-state index in [9.17, 15) is 23.6 Å². The van der Waals surface area contributed by atoms with E-state index >= 15 is 0 Å². The van der Waals surface area contributed by atoms with Crippen LogP contribution in [0.25, 0.3) is 22.4 Å². The van der Waals surface area contributed by atoms with E-state index < -0.39 is 25.6 Å². The zero-order chi connectivity index (χ0) is 35.3. The van der Waals surface area contributed by atoms with Crippen molar-refractivity contribution >= 4 is 37.2 Å². The maximum absolute atomic E-state index is 14.9. The van der Waals surface area contributed by atoms with Crippen molar-refractivity contribution < 1.29 is 32.6 Å². The summed E-state index contributed by atoms with van der Waals surface area (Å²) in [5.74, 6) is -2.30. The van der Waals surface area contributed by atoms with Gasteiger partial charge in [-0.3, -0.25) is 9.59 Å². The van der Waals surface area contributed by atoms with Crippen molar-refractivity contribution in [2.45, 2.75) is 77.4 Å². The van der Waals surface area contributed by atoms with E-state index in [-0.39, 0.29) is 54.2 Å². The van der Waals surface area contributed by atoms with Crippen LogP contribution in [0.15, 0.2) is 54.9 Å². The molecule has 2 aromatic heterocycles. The first-order valence-corrected chi connectivity index (χ1v) is 20.5. The Morgan fingerprint density at radius 3 is 2.69 bits per heavy atom. The predicted octanol–water partition coefficient (Wildman–Crippen LogP) is 7.84. The summed E-state index contributed by atoms with van der Waals surface area (Å²) in [5.41, 5.74) is 2.37. The van der Waals surface area contributed by atoms with Crippen molar-refractivity contribution in [3.8, 4) is 22.4 Å². The third-order valence-corrected chi connectivity index (χ3v) is 10.4. The molecule has 1 unspecified atom stereocenters. The lowest BCUT2D eigenvalue weighted by molar-refractivity contribution is -0.614. The summed E-state index contributed by atoms with van der Waals surface area (Å²) in [6.45, 7) is 9.57. The highest BCUT2D eigenvalue weighted by Gasteiger charge is 2.30. The monoisotopic (exact) mass is 710 g/mol. The van der Waals surface area contributed by atoms with Crippen LogP contribution in [0.4, 0.5) is 14.5 Å². The number of esters is 1. The number of halogens is 3. The lowest BCUT2D eigenvalue weighted by Crippen LogP contribution is -2.34. The Hall–Kier alpha value is -4.13. The third-order valence-electron chi connectivity index (χ3n) is 8.41. The van der Waals surface area contributed by atoms with Gasteiger partial charge >= 0.3 is 5.97 Å². The van der Waals surface area contributed by atoms with Crippen molar-refractivity contribution in [2.75, 3.05) is 18.5 Å². The van der Waals surface area contributed by atoms with Gasteiger partial charge in [-0.25, -0.2) is 13.8 Å². The second kappa shape index (κ2) is 15.6. The van der Waals surface area contributed by atoms with Gasteiger partial charge in [0, 0.05) is 38.9 Å². The van der Waals surface area contributed by atoms with Crippen LogP contribution in [0.1, 0.15) is 55.6 Å². The molecule has 0 saturated heterocycles. The Balaban J connectivity index is 1.59. The molecule has 2 bridgehead atoms. The Morgan fingerprint density at radius 1 is 1.16 bits per heavy atom. The molecule has 0 radical (unpaired) electrons. The fourth-order valence-electron chi connectivity index (χ4n) is 5.85. The van der Waals surface area contributed by atoms with Crippen molar-refractivity contribution in [1.82, 2.24) is 9.55 Å². The van der Waals surface area contributed by atoms with E-state index in [2.05, 4.69) is 25.0 Å². The number of aromatic nitrogens is 3. The average Bonchev–Trinajstić information content (AvgIpc) is 3.45. The van der Waals surface area contributed by atoms with Crippen LogP contribution < -0.4 is 10.0 Å². The maximum Gasteiger partial charge on any atom is 0.310 e. The summed E-state index contributed by atoms with van der Waals surface area (Å²) >= 11 is 5.93. The first-order valence-electron chi connectivity index (χ1n) is 16.4. The molecular weight excluding hydrogens is 670 g/mol. The van der Waals surface area contributed by atoms with Crippen LogP contribution >= 0.6 is 11.6 Å². The molecule has 1 N–H and O–H groups in total.